The highest BCUT2D eigenvalue weighted by Crippen LogP contribution is 2.59. The first-order valence-electron chi connectivity index (χ1n) is 6.86. The van der Waals surface area contributed by atoms with Gasteiger partial charge in [0.15, 0.2) is 0 Å². The third-order valence-electron chi connectivity index (χ3n) is 4.84. The Morgan fingerprint density at radius 2 is 2.24 bits per heavy atom. The van der Waals surface area contributed by atoms with Gasteiger partial charge in [-0.2, -0.15) is 0 Å². The Balaban J connectivity index is 1.61. The highest BCUT2D eigenvalue weighted by molar-refractivity contribution is 5.83. The summed E-state index contributed by atoms with van der Waals surface area (Å²) in [5.41, 5.74) is 1.82. The Labute approximate surface area is 103 Å². The molecular weight excluding hydrogens is 212 g/mol. The molecule has 1 N–H and O–H groups in total. The van der Waals surface area contributed by atoms with Crippen LogP contribution in [0.25, 0.3) is 0 Å². The van der Waals surface area contributed by atoms with E-state index in [0.717, 1.165) is 39.0 Å². The lowest BCUT2D eigenvalue weighted by atomic mass is 9.91. The average Bonchev–Trinajstić information content (AvgIpc) is 3.04. The SMILES string of the molecule is CC1=CCN(C(=O)C2CC23CCNCC3)CC1. The topological polar surface area (TPSA) is 32.3 Å². The first-order chi connectivity index (χ1) is 8.21. The van der Waals surface area contributed by atoms with Crippen molar-refractivity contribution in [2.45, 2.75) is 32.6 Å². The predicted molar refractivity (Wildman–Crippen MR) is 67.6 cm³/mol. The summed E-state index contributed by atoms with van der Waals surface area (Å²) in [6.45, 7) is 6.14. The van der Waals surface area contributed by atoms with Crippen LogP contribution < -0.4 is 5.32 Å². The van der Waals surface area contributed by atoms with Crippen LogP contribution >= 0.6 is 0 Å². The number of piperidine rings is 1. The summed E-state index contributed by atoms with van der Waals surface area (Å²) in [6.07, 6.45) is 6.82. The van der Waals surface area contributed by atoms with Crippen molar-refractivity contribution < 1.29 is 4.79 Å². The highest BCUT2D eigenvalue weighted by atomic mass is 16.2. The van der Waals surface area contributed by atoms with E-state index in [1.54, 1.807) is 0 Å². The quantitative estimate of drug-likeness (QED) is 0.698. The van der Waals surface area contributed by atoms with Gasteiger partial charge in [0.1, 0.15) is 0 Å². The Bertz CT molecular complexity index is 355. The van der Waals surface area contributed by atoms with Gasteiger partial charge in [-0.3, -0.25) is 4.79 Å². The van der Waals surface area contributed by atoms with E-state index in [4.69, 9.17) is 0 Å². The normalized spacial score (nSPS) is 31.2. The summed E-state index contributed by atoms with van der Waals surface area (Å²) in [4.78, 5) is 14.5. The number of nitrogens with zero attached hydrogens (tertiary/aromatic N) is 1. The zero-order valence-electron chi connectivity index (χ0n) is 10.7. The lowest BCUT2D eigenvalue weighted by molar-refractivity contribution is -0.133. The molecule has 3 rings (SSSR count). The van der Waals surface area contributed by atoms with Crippen molar-refractivity contribution in [1.29, 1.82) is 0 Å². The second-order valence-electron chi connectivity index (χ2n) is 5.95. The molecule has 3 aliphatic rings. The van der Waals surface area contributed by atoms with Crippen molar-refractivity contribution in [3.8, 4) is 0 Å². The number of carbonyl (C=O) groups excluding carboxylic acids is 1. The monoisotopic (exact) mass is 234 g/mol. The van der Waals surface area contributed by atoms with Crippen molar-refractivity contribution in [2.75, 3.05) is 26.2 Å². The molecular formula is C14H22N2O. The smallest absolute Gasteiger partial charge is 0.226 e. The molecule has 1 amide bonds. The minimum atomic E-state index is 0.344. The van der Waals surface area contributed by atoms with E-state index >= 15 is 0 Å². The molecule has 94 valence electrons. The lowest BCUT2D eigenvalue weighted by Gasteiger charge is -2.28. The number of rotatable bonds is 1. The molecule has 2 heterocycles. The summed E-state index contributed by atoms with van der Waals surface area (Å²) in [5, 5.41) is 3.39. The zero-order chi connectivity index (χ0) is 11.9. The first-order valence-corrected chi connectivity index (χ1v) is 6.86. The van der Waals surface area contributed by atoms with Crippen LogP contribution in [0.1, 0.15) is 32.6 Å². The third kappa shape index (κ3) is 2.01. The number of carbonyl (C=O) groups is 1. The van der Waals surface area contributed by atoms with Crippen LogP contribution in [0.3, 0.4) is 0 Å². The molecule has 1 aliphatic carbocycles. The molecule has 0 aromatic rings. The van der Waals surface area contributed by atoms with Crippen LogP contribution in [0.2, 0.25) is 0 Å². The molecule has 17 heavy (non-hydrogen) atoms. The molecule has 1 spiro atoms. The van der Waals surface area contributed by atoms with Gasteiger partial charge in [0.25, 0.3) is 0 Å². The molecule has 3 heteroatoms. The van der Waals surface area contributed by atoms with Crippen LogP contribution in [-0.4, -0.2) is 37.0 Å². The highest BCUT2D eigenvalue weighted by Gasteiger charge is 2.58. The number of amides is 1. The van der Waals surface area contributed by atoms with E-state index in [9.17, 15) is 4.79 Å². The van der Waals surface area contributed by atoms with Crippen LogP contribution in [0.15, 0.2) is 11.6 Å². The molecule has 2 aliphatic heterocycles. The van der Waals surface area contributed by atoms with Gasteiger partial charge >= 0.3 is 0 Å². The maximum Gasteiger partial charge on any atom is 0.226 e. The first kappa shape index (κ1) is 11.3. The van der Waals surface area contributed by atoms with E-state index < -0.39 is 0 Å². The fourth-order valence-corrected chi connectivity index (χ4v) is 3.37. The Morgan fingerprint density at radius 1 is 1.47 bits per heavy atom. The van der Waals surface area contributed by atoms with Crippen molar-refractivity contribution in [1.82, 2.24) is 10.2 Å². The second-order valence-corrected chi connectivity index (χ2v) is 5.95. The summed E-state index contributed by atoms with van der Waals surface area (Å²) in [7, 11) is 0. The summed E-state index contributed by atoms with van der Waals surface area (Å²) < 4.78 is 0. The molecule has 1 saturated carbocycles. The fourth-order valence-electron chi connectivity index (χ4n) is 3.37. The molecule has 3 nitrogen and oxygen atoms in total. The van der Waals surface area contributed by atoms with Crippen molar-refractivity contribution >= 4 is 5.91 Å². The Hall–Kier alpha value is -0.830. The molecule has 0 aromatic carbocycles. The predicted octanol–water partition coefficient (Wildman–Crippen LogP) is 1.55. The Morgan fingerprint density at radius 3 is 2.88 bits per heavy atom. The van der Waals surface area contributed by atoms with Crippen LogP contribution in [0.5, 0.6) is 0 Å². The minimum Gasteiger partial charge on any atom is -0.338 e. The molecule has 0 radical (unpaired) electrons. The average molecular weight is 234 g/mol. The maximum absolute atomic E-state index is 12.4. The van der Waals surface area contributed by atoms with E-state index in [0.29, 0.717) is 17.2 Å². The van der Waals surface area contributed by atoms with Gasteiger partial charge in [-0.05, 0) is 51.1 Å². The molecule has 0 bridgehead atoms. The summed E-state index contributed by atoms with van der Waals surface area (Å²) in [5.74, 6) is 0.770. The number of nitrogens with one attached hydrogen (secondary N) is 1. The van der Waals surface area contributed by atoms with Gasteiger partial charge in [-0.25, -0.2) is 0 Å². The van der Waals surface area contributed by atoms with Crippen molar-refractivity contribution in [3.05, 3.63) is 11.6 Å². The maximum atomic E-state index is 12.4. The third-order valence-corrected chi connectivity index (χ3v) is 4.84. The number of hydrogen-bond acceptors (Lipinski definition) is 2. The lowest BCUT2D eigenvalue weighted by Crippen LogP contribution is -2.38. The van der Waals surface area contributed by atoms with Crippen molar-refractivity contribution in [3.63, 3.8) is 0 Å². The molecule has 0 aromatic heterocycles. The molecule has 1 unspecified atom stereocenters. The van der Waals surface area contributed by atoms with E-state index in [2.05, 4.69) is 23.2 Å². The van der Waals surface area contributed by atoms with Gasteiger partial charge < -0.3 is 10.2 Å². The van der Waals surface area contributed by atoms with Gasteiger partial charge in [0.2, 0.25) is 5.91 Å². The van der Waals surface area contributed by atoms with E-state index in [1.165, 1.54) is 18.4 Å². The largest absolute Gasteiger partial charge is 0.338 e. The molecule has 1 atom stereocenters. The van der Waals surface area contributed by atoms with Gasteiger partial charge in [0.05, 0.1) is 0 Å². The van der Waals surface area contributed by atoms with Gasteiger partial charge in [0, 0.05) is 19.0 Å². The van der Waals surface area contributed by atoms with E-state index in [1.807, 2.05) is 0 Å². The molecule has 1 saturated heterocycles. The fraction of sp³-hybridized carbons (Fsp3) is 0.786. The zero-order valence-corrected chi connectivity index (χ0v) is 10.7. The van der Waals surface area contributed by atoms with Gasteiger partial charge in [-0.15, -0.1) is 0 Å². The standard InChI is InChI=1S/C14H22N2O/c1-11-2-8-16(9-3-11)13(17)12-10-14(12)4-6-15-7-5-14/h2,12,15H,3-10H2,1H3. The van der Waals surface area contributed by atoms with Crippen LogP contribution in [0, 0.1) is 11.3 Å². The van der Waals surface area contributed by atoms with E-state index in [-0.39, 0.29) is 0 Å². The Kier molecular flexibility index (Phi) is 2.74. The minimum absolute atomic E-state index is 0.344. The van der Waals surface area contributed by atoms with Gasteiger partial charge in [-0.1, -0.05) is 11.6 Å². The van der Waals surface area contributed by atoms with Crippen molar-refractivity contribution in [2.24, 2.45) is 11.3 Å². The second kappa shape index (κ2) is 4.13. The van der Waals surface area contributed by atoms with Crippen LogP contribution in [-0.2, 0) is 4.79 Å². The molecule has 2 fully saturated rings. The summed E-state index contributed by atoms with van der Waals surface area (Å²) >= 11 is 0. The van der Waals surface area contributed by atoms with Crippen LogP contribution in [0.4, 0.5) is 0 Å². The summed E-state index contributed by atoms with van der Waals surface area (Å²) in [6, 6.07) is 0. The number of hydrogen-bond donors (Lipinski definition) is 1.